The van der Waals surface area contributed by atoms with Crippen LogP contribution in [0.4, 0.5) is 4.79 Å². The highest BCUT2D eigenvalue weighted by Gasteiger charge is 2.24. The van der Waals surface area contributed by atoms with Crippen LogP contribution in [0.1, 0.15) is 42.5 Å². The summed E-state index contributed by atoms with van der Waals surface area (Å²) >= 11 is 1.29. The van der Waals surface area contributed by atoms with Gasteiger partial charge in [-0.25, -0.2) is 0 Å². The van der Waals surface area contributed by atoms with E-state index >= 15 is 0 Å². The second-order valence-corrected chi connectivity index (χ2v) is 7.11. The first-order valence-electron chi connectivity index (χ1n) is 7.96. The Morgan fingerprint density at radius 2 is 2.09 bits per heavy atom. The van der Waals surface area contributed by atoms with Crippen molar-refractivity contribution < 1.29 is 9.59 Å². The minimum Gasteiger partial charge on any atom is -0.348 e. The zero-order valence-corrected chi connectivity index (χ0v) is 13.7. The van der Waals surface area contributed by atoms with Crippen LogP contribution in [-0.2, 0) is 17.6 Å². The maximum absolute atomic E-state index is 12.1. The lowest BCUT2D eigenvalue weighted by Gasteiger charge is -2.21. The highest BCUT2D eigenvalue weighted by Crippen LogP contribution is 2.25. The van der Waals surface area contributed by atoms with E-state index in [0.717, 1.165) is 17.7 Å². The molecule has 1 aliphatic carbocycles. The average molecular weight is 318 g/mol. The van der Waals surface area contributed by atoms with Gasteiger partial charge in [0.15, 0.2) is 0 Å². The standard InChI is InChI=1S/C17H22N2O2S/c1-12(18-16(20)11-19-8-9-22-17(19)21)14-7-6-13-4-2-3-5-15(13)10-14/h6-7,10,12H,2-5,8-9,11H2,1H3,(H,18,20). The van der Waals surface area contributed by atoms with Crippen molar-refractivity contribution in [1.29, 1.82) is 0 Å². The SMILES string of the molecule is CC(NC(=O)CN1CCSC1=O)c1ccc2c(c1)CCCC2. The van der Waals surface area contributed by atoms with E-state index < -0.39 is 0 Å². The molecule has 1 N–H and O–H groups in total. The zero-order chi connectivity index (χ0) is 15.5. The minimum absolute atomic E-state index is 0.0107. The predicted molar refractivity (Wildman–Crippen MR) is 89.1 cm³/mol. The number of nitrogens with one attached hydrogen (secondary N) is 1. The first-order chi connectivity index (χ1) is 10.6. The topological polar surface area (TPSA) is 49.4 Å². The Labute approximate surface area is 135 Å². The average Bonchev–Trinajstić information content (AvgIpc) is 2.91. The van der Waals surface area contributed by atoms with Gasteiger partial charge in [-0.15, -0.1) is 0 Å². The zero-order valence-electron chi connectivity index (χ0n) is 12.9. The van der Waals surface area contributed by atoms with E-state index in [1.54, 1.807) is 4.90 Å². The van der Waals surface area contributed by atoms with Crippen LogP contribution in [-0.4, -0.2) is 34.9 Å². The van der Waals surface area contributed by atoms with E-state index in [9.17, 15) is 9.59 Å². The van der Waals surface area contributed by atoms with E-state index in [1.165, 1.54) is 42.2 Å². The molecule has 1 aromatic carbocycles. The molecule has 4 nitrogen and oxygen atoms in total. The molecule has 1 unspecified atom stereocenters. The van der Waals surface area contributed by atoms with Crippen molar-refractivity contribution >= 4 is 22.9 Å². The molecule has 1 heterocycles. The summed E-state index contributed by atoms with van der Waals surface area (Å²) in [6, 6.07) is 6.53. The predicted octanol–water partition coefficient (Wildman–Crippen LogP) is 2.91. The quantitative estimate of drug-likeness (QED) is 0.928. The second kappa shape index (κ2) is 6.73. The molecule has 0 spiro atoms. The summed E-state index contributed by atoms with van der Waals surface area (Å²) in [6.45, 7) is 2.84. The maximum Gasteiger partial charge on any atom is 0.282 e. The Morgan fingerprint density at radius 3 is 2.82 bits per heavy atom. The molecule has 2 aliphatic rings. The van der Waals surface area contributed by atoms with Crippen molar-refractivity contribution in [3.63, 3.8) is 0 Å². The number of carbonyl (C=O) groups is 2. The number of benzene rings is 1. The van der Waals surface area contributed by atoms with Crippen molar-refractivity contribution in [2.45, 2.75) is 38.6 Å². The summed E-state index contributed by atoms with van der Waals surface area (Å²) in [5.74, 6) is 0.702. The lowest BCUT2D eigenvalue weighted by Crippen LogP contribution is -2.38. The molecule has 0 radical (unpaired) electrons. The fraction of sp³-hybridized carbons (Fsp3) is 0.529. The summed E-state index contributed by atoms with van der Waals surface area (Å²) in [7, 11) is 0. The summed E-state index contributed by atoms with van der Waals surface area (Å²) in [4.78, 5) is 25.2. The molecule has 1 atom stereocenters. The Morgan fingerprint density at radius 1 is 1.32 bits per heavy atom. The van der Waals surface area contributed by atoms with E-state index in [4.69, 9.17) is 0 Å². The van der Waals surface area contributed by atoms with E-state index in [0.29, 0.717) is 6.54 Å². The number of carbonyl (C=O) groups excluding carboxylic acids is 2. The first-order valence-corrected chi connectivity index (χ1v) is 8.95. The molecule has 0 bridgehead atoms. The van der Waals surface area contributed by atoms with Crippen molar-refractivity contribution in [1.82, 2.24) is 10.2 Å². The number of hydrogen-bond acceptors (Lipinski definition) is 3. The van der Waals surface area contributed by atoms with Crippen LogP contribution < -0.4 is 5.32 Å². The van der Waals surface area contributed by atoms with Gasteiger partial charge in [0.1, 0.15) is 6.54 Å². The van der Waals surface area contributed by atoms with Crippen LogP contribution in [0.3, 0.4) is 0 Å². The third-order valence-corrected chi connectivity index (χ3v) is 5.32. The number of thioether (sulfide) groups is 1. The van der Waals surface area contributed by atoms with E-state index in [1.807, 2.05) is 6.92 Å². The van der Waals surface area contributed by atoms with Gasteiger partial charge >= 0.3 is 0 Å². The number of fused-ring (bicyclic) bond motifs is 1. The summed E-state index contributed by atoms with van der Waals surface area (Å²) < 4.78 is 0. The largest absolute Gasteiger partial charge is 0.348 e. The van der Waals surface area contributed by atoms with Crippen LogP contribution in [0, 0.1) is 0 Å². The van der Waals surface area contributed by atoms with Gasteiger partial charge in [0.2, 0.25) is 5.91 Å². The molecule has 1 aliphatic heterocycles. The molecule has 2 amide bonds. The minimum atomic E-state index is -0.0823. The molecule has 0 saturated carbocycles. The van der Waals surface area contributed by atoms with Crippen LogP contribution in [0.5, 0.6) is 0 Å². The monoisotopic (exact) mass is 318 g/mol. The van der Waals surface area contributed by atoms with Crippen molar-refractivity contribution in [2.24, 2.45) is 0 Å². The van der Waals surface area contributed by atoms with Crippen LogP contribution in [0.25, 0.3) is 0 Å². The number of hydrogen-bond donors (Lipinski definition) is 1. The van der Waals surface area contributed by atoms with Crippen molar-refractivity contribution in [3.8, 4) is 0 Å². The van der Waals surface area contributed by atoms with Gasteiger partial charge < -0.3 is 10.2 Å². The molecule has 5 heteroatoms. The summed E-state index contributed by atoms with van der Waals surface area (Å²) in [5, 5.41) is 3.02. The lowest BCUT2D eigenvalue weighted by molar-refractivity contribution is -0.122. The normalized spacial score (nSPS) is 19.0. The Kier molecular flexibility index (Phi) is 4.71. The number of rotatable bonds is 4. The van der Waals surface area contributed by atoms with Gasteiger partial charge in [0.05, 0.1) is 6.04 Å². The highest BCUT2D eigenvalue weighted by atomic mass is 32.2. The van der Waals surface area contributed by atoms with Gasteiger partial charge in [0.25, 0.3) is 5.24 Å². The van der Waals surface area contributed by atoms with Gasteiger partial charge in [0, 0.05) is 12.3 Å². The van der Waals surface area contributed by atoms with Crippen LogP contribution in [0.15, 0.2) is 18.2 Å². The lowest BCUT2D eigenvalue weighted by atomic mass is 9.89. The smallest absolute Gasteiger partial charge is 0.282 e. The molecular weight excluding hydrogens is 296 g/mol. The third-order valence-electron chi connectivity index (χ3n) is 4.43. The molecule has 1 saturated heterocycles. The van der Waals surface area contributed by atoms with Gasteiger partial charge in [-0.3, -0.25) is 9.59 Å². The van der Waals surface area contributed by atoms with Crippen LogP contribution >= 0.6 is 11.8 Å². The Bertz CT molecular complexity index is 588. The fourth-order valence-corrected chi connectivity index (χ4v) is 3.96. The molecule has 1 fully saturated rings. The van der Waals surface area contributed by atoms with Gasteiger partial charge in [-0.1, -0.05) is 30.0 Å². The maximum atomic E-state index is 12.1. The van der Waals surface area contributed by atoms with E-state index in [2.05, 4.69) is 23.5 Å². The molecule has 22 heavy (non-hydrogen) atoms. The third kappa shape index (κ3) is 3.46. The molecule has 0 aromatic heterocycles. The summed E-state index contributed by atoms with van der Waals surface area (Å²) in [5.41, 5.74) is 4.03. The van der Waals surface area contributed by atoms with Crippen molar-refractivity contribution in [2.75, 3.05) is 18.8 Å². The number of nitrogens with zero attached hydrogens (tertiary/aromatic N) is 1. The van der Waals surface area contributed by atoms with E-state index in [-0.39, 0.29) is 23.7 Å². The first kappa shape index (κ1) is 15.4. The molecule has 118 valence electrons. The van der Waals surface area contributed by atoms with Gasteiger partial charge in [-0.2, -0.15) is 0 Å². The Balaban J connectivity index is 1.60. The van der Waals surface area contributed by atoms with Gasteiger partial charge in [-0.05, 0) is 49.3 Å². The van der Waals surface area contributed by atoms with Crippen molar-refractivity contribution in [3.05, 3.63) is 34.9 Å². The molecular formula is C17H22N2O2S. The Hall–Kier alpha value is -1.49. The molecule has 3 rings (SSSR count). The van der Waals surface area contributed by atoms with Crippen LogP contribution in [0.2, 0.25) is 0 Å². The summed E-state index contributed by atoms with van der Waals surface area (Å²) in [6.07, 6.45) is 4.85. The highest BCUT2D eigenvalue weighted by molar-refractivity contribution is 8.13. The molecule has 1 aromatic rings. The second-order valence-electron chi connectivity index (χ2n) is 6.06. The number of amides is 2. The number of aryl methyl sites for hydroxylation is 2. The fourth-order valence-electron chi connectivity index (χ4n) is 3.14.